The lowest BCUT2D eigenvalue weighted by Gasteiger charge is -2.38. The first kappa shape index (κ1) is 14.4. The highest BCUT2D eigenvalue weighted by Crippen LogP contribution is 2.35. The number of carbonyl (C=O) groups excluding carboxylic acids is 1. The molecule has 0 bridgehead atoms. The van der Waals surface area contributed by atoms with Crippen molar-refractivity contribution in [2.75, 3.05) is 6.54 Å². The second kappa shape index (κ2) is 5.02. The minimum absolute atomic E-state index is 0.0892. The molecule has 1 atom stereocenters. The number of nitrogens with one attached hydrogen (secondary N) is 2. The predicted octanol–water partition coefficient (Wildman–Crippen LogP) is 2.78. The summed E-state index contributed by atoms with van der Waals surface area (Å²) in [7, 11) is 0. The molecule has 0 aromatic heterocycles. The zero-order chi connectivity index (χ0) is 15.1. The Labute approximate surface area is 120 Å². The third-order valence-corrected chi connectivity index (χ3v) is 4.46. The zero-order valence-corrected chi connectivity index (χ0v) is 11.5. The van der Waals surface area contributed by atoms with Gasteiger partial charge in [-0.2, -0.15) is 13.2 Å². The van der Waals surface area contributed by atoms with Gasteiger partial charge in [0.1, 0.15) is 0 Å². The van der Waals surface area contributed by atoms with Crippen molar-refractivity contribution in [2.24, 2.45) is 0 Å². The largest absolute Gasteiger partial charge is 0.416 e. The van der Waals surface area contributed by atoms with Gasteiger partial charge in [0.25, 0.3) is 0 Å². The van der Waals surface area contributed by atoms with Crippen LogP contribution in [0.5, 0.6) is 0 Å². The van der Waals surface area contributed by atoms with E-state index in [0.29, 0.717) is 12.1 Å². The minimum atomic E-state index is -4.37. The first-order valence-electron chi connectivity index (χ1n) is 7.14. The van der Waals surface area contributed by atoms with Gasteiger partial charge in [-0.3, -0.25) is 4.79 Å². The fourth-order valence-electron chi connectivity index (χ4n) is 3.24. The number of rotatable bonds is 1. The standard InChI is InChI=1S/C15H17F3N2O/c16-15(17,18)11-5-3-4-10(8-11)12-9-19-14(13(21)20-12)6-1-2-7-14/h3-5,8,12,19H,1-2,6-7,9H2,(H,20,21). The summed E-state index contributed by atoms with van der Waals surface area (Å²) in [6.07, 6.45) is -0.750. The fraction of sp³-hybridized carbons (Fsp3) is 0.533. The number of piperazine rings is 1. The van der Waals surface area contributed by atoms with Crippen LogP contribution in [-0.2, 0) is 11.0 Å². The van der Waals surface area contributed by atoms with E-state index in [1.54, 1.807) is 6.07 Å². The van der Waals surface area contributed by atoms with Gasteiger partial charge in [-0.05, 0) is 30.5 Å². The Morgan fingerprint density at radius 1 is 1.19 bits per heavy atom. The first-order valence-corrected chi connectivity index (χ1v) is 7.14. The van der Waals surface area contributed by atoms with Gasteiger partial charge < -0.3 is 10.6 Å². The molecule has 21 heavy (non-hydrogen) atoms. The highest BCUT2D eigenvalue weighted by Gasteiger charge is 2.44. The molecule has 2 N–H and O–H groups in total. The summed E-state index contributed by atoms with van der Waals surface area (Å²) in [6, 6.07) is 4.74. The molecule has 2 aliphatic rings. The number of hydrogen-bond donors (Lipinski definition) is 2. The normalized spacial score (nSPS) is 25.1. The number of benzene rings is 1. The molecule has 1 aromatic carbocycles. The third-order valence-electron chi connectivity index (χ3n) is 4.46. The Morgan fingerprint density at radius 2 is 1.90 bits per heavy atom. The van der Waals surface area contributed by atoms with Gasteiger partial charge in [0.2, 0.25) is 5.91 Å². The van der Waals surface area contributed by atoms with Gasteiger partial charge in [-0.25, -0.2) is 0 Å². The molecule has 1 heterocycles. The van der Waals surface area contributed by atoms with Crippen molar-refractivity contribution in [1.29, 1.82) is 0 Å². The summed E-state index contributed by atoms with van der Waals surface area (Å²) in [5, 5.41) is 6.13. The van der Waals surface area contributed by atoms with E-state index in [1.807, 2.05) is 0 Å². The fourth-order valence-corrected chi connectivity index (χ4v) is 3.24. The van der Waals surface area contributed by atoms with Crippen LogP contribution in [0, 0.1) is 0 Å². The van der Waals surface area contributed by atoms with Gasteiger partial charge in [-0.1, -0.05) is 25.0 Å². The van der Waals surface area contributed by atoms with Crippen LogP contribution < -0.4 is 10.6 Å². The maximum atomic E-state index is 12.7. The van der Waals surface area contributed by atoms with Gasteiger partial charge in [0.05, 0.1) is 17.1 Å². The molecule has 114 valence electrons. The zero-order valence-electron chi connectivity index (χ0n) is 11.5. The van der Waals surface area contributed by atoms with E-state index in [2.05, 4.69) is 10.6 Å². The molecule has 1 saturated heterocycles. The van der Waals surface area contributed by atoms with Gasteiger partial charge in [0.15, 0.2) is 0 Å². The summed E-state index contributed by atoms with van der Waals surface area (Å²) < 4.78 is 38.2. The summed E-state index contributed by atoms with van der Waals surface area (Å²) in [4.78, 5) is 12.3. The van der Waals surface area contributed by atoms with Crippen LogP contribution in [0.2, 0.25) is 0 Å². The molecule has 1 saturated carbocycles. The lowest BCUT2D eigenvalue weighted by Crippen LogP contribution is -2.62. The maximum absolute atomic E-state index is 12.7. The van der Waals surface area contributed by atoms with Crippen molar-refractivity contribution in [2.45, 2.75) is 43.4 Å². The summed E-state index contributed by atoms with van der Waals surface area (Å²) in [6.45, 7) is 0.465. The molecule has 1 unspecified atom stereocenters. The molecule has 2 fully saturated rings. The molecule has 6 heteroatoms. The number of halogens is 3. The molecule has 1 aliphatic heterocycles. The van der Waals surface area contributed by atoms with Crippen molar-refractivity contribution >= 4 is 5.91 Å². The Balaban J connectivity index is 1.79. The average molecular weight is 298 g/mol. The third kappa shape index (κ3) is 2.64. The van der Waals surface area contributed by atoms with Gasteiger partial charge >= 0.3 is 6.18 Å². The molecular formula is C15H17F3N2O. The van der Waals surface area contributed by atoms with Crippen LogP contribution in [0.1, 0.15) is 42.9 Å². The second-order valence-corrected chi connectivity index (χ2v) is 5.82. The van der Waals surface area contributed by atoms with Crippen molar-refractivity contribution in [3.8, 4) is 0 Å². The highest BCUT2D eigenvalue weighted by atomic mass is 19.4. The number of hydrogen-bond acceptors (Lipinski definition) is 2. The van der Waals surface area contributed by atoms with E-state index >= 15 is 0 Å². The van der Waals surface area contributed by atoms with Crippen molar-refractivity contribution < 1.29 is 18.0 Å². The topological polar surface area (TPSA) is 41.1 Å². The Kier molecular flexibility index (Phi) is 3.43. The van der Waals surface area contributed by atoms with Crippen molar-refractivity contribution in [3.05, 3.63) is 35.4 Å². The Morgan fingerprint density at radius 3 is 2.52 bits per heavy atom. The quantitative estimate of drug-likeness (QED) is 0.837. The van der Waals surface area contributed by atoms with Crippen LogP contribution in [0.25, 0.3) is 0 Å². The highest BCUT2D eigenvalue weighted by molar-refractivity contribution is 5.87. The van der Waals surface area contributed by atoms with Crippen LogP contribution in [0.4, 0.5) is 13.2 Å². The summed E-state index contributed by atoms with van der Waals surface area (Å²) in [5.41, 5.74) is -0.702. The van der Waals surface area contributed by atoms with Crippen LogP contribution in [-0.4, -0.2) is 18.0 Å². The lowest BCUT2D eigenvalue weighted by atomic mass is 9.91. The van der Waals surface area contributed by atoms with Gasteiger partial charge in [-0.15, -0.1) is 0 Å². The van der Waals surface area contributed by atoms with Crippen molar-refractivity contribution in [1.82, 2.24) is 10.6 Å². The van der Waals surface area contributed by atoms with Crippen LogP contribution in [0.3, 0.4) is 0 Å². The average Bonchev–Trinajstić information content (AvgIpc) is 2.91. The van der Waals surface area contributed by atoms with E-state index in [4.69, 9.17) is 0 Å². The van der Waals surface area contributed by atoms with E-state index in [1.165, 1.54) is 6.07 Å². The van der Waals surface area contributed by atoms with Crippen LogP contribution in [0.15, 0.2) is 24.3 Å². The monoisotopic (exact) mass is 298 g/mol. The molecule has 3 nitrogen and oxygen atoms in total. The SMILES string of the molecule is O=C1NC(c2cccc(C(F)(F)F)c2)CNC12CCCC2. The molecule has 1 aliphatic carbocycles. The molecule has 0 radical (unpaired) electrons. The lowest BCUT2D eigenvalue weighted by molar-refractivity contribution is -0.137. The number of amides is 1. The number of carbonyl (C=O) groups is 1. The minimum Gasteiger partial charge on any atom is -0.346 e. The van der Waals surface area contributed by atoms with E-state index in [-0.39, 0.29) is 5.91 Å². The Hall–Kier alpha value is -1.56. The predicted molar refractivity (Wildman–Crippen MR) is 71.5 cm³/mol. The van der Waals surface area contributed by atoms with Gasteiger partial charge in [0, 0.05) is 6.54 Å². The summed E-state index contributed by atoms with van der Waals surface area (Å²) >= 11 is 0. The smallest absolute Gasteiger partial charge is 0.346 e. The van der Waals surface area contributed by atoms with E-state index in [9.17, 15) is 18.0 Å². The molecule has 3 rings (SSSR count). The molecule has 1 aromatic rings. The maximum Gasteiger partial charge on any atom is 0.416 e. The van der Waals surface area contributed by atoms with Crippen LogP contribution >= 0.6 is 0 Å². The van der Waals surface area contributed by atoms with Crippen molar-refractivity contribution in [3.63, 3.8) is 0 Å². The van der Waals surface area contributed by atoms with E-state index < -0.39 is 23.3 Å². The second-order valence-electron chi connectivity index (χ2n) is 5.82. The first-order chi connectivity index (χ1) is 9.91. The Bertz CT molecular complexity index is 550. The van der Waals surface area contributed by atoms with E-state index in [0.717, 1.165) is 37.8 Å². The molecule has 1 amide bonds. The molecule has 1 spiro atoms. The summed E-state index contributed by atoms with van der Waals surface area (Å²) in [5.74, 6) is -0.0892. The molecular weight excluding hydrogens is 281 g/mol. The number of alkyl halides is 3.